The van der Waals surface area contributed by atoms with Gasteiger partial charge in [0.25, 0.3) is 0 Å². The molecule has 4 aromatic rings. The molecule has 5 saturated heterocycles. The van der Waals surface area contributed by atoms with Crippen molar-refractivity contribution in [2.24, 2.45) is 33.5 Å². The minimum absolute atomic E-state index is 0.0705. The first-order valence-corrected chi connectivity index (χ1v) is 42.7. The van der Waals surface area contributed by atoms with Crippen molar-refractivity contribution in [2.75, 3.05) is 32.8 Å². The van der Waals surface area contributed by atoms with Crippen molar-refractivity contribution < 1.29 is 138 Å². The minimum atomic E-state index is -2.27. The molecule has 2 aromatic heterocycles. The lowest BCUT2D eigenvalue weighted by Gasteiger charge is -2.68. The molecule has 31 nitrogen and oxygen atoms in total. The highest BCUT2D eigenvalue weighted by Crippen LogP contribution is 2.70. The molecule has 2 aromatic carbocycles. The average molecular weight is 1760 g/mol. The molecule has 0 unspecified atom stereocenters. The third kappa shape index (κ3) is 16.6. The lowest BCUT2D eigenvalue weighted by molar-refractivity contribution is -0.345. The van der Waals surface area contributed by atoms with Crippen molar-refractivity contribution in [3.8, 4) is 0 Å². The van der Waals surface area contributed by atoms with E-state index in [0.717, 1.165) is 12.1 Å². The Hall–Kier alpha value is -9.33. The maximum Gasteiger partial charge on any atom is 0.408 e. The maximum atomic E-state index is 15.4. The molecule has 0 radical (unpaired) electrons. The van der Waals surface area contributed by atoms with E-state index in [1.807, 2.05) is 18.7 Å². The minimum Gasteiger partial charge on any atom is -0.456 e. The standard InChI is InChI=1S/C47H59F2N3O13.C45H55FN2O13/c1-24-29(60-41(56)35(54)34(33-28(49)15-12-18-50-33)51-42(57)65-43(3,4)5)19-47(58)39(63-40(55)26-13-10-9-11-14-26)37-45(8,17-16-30-46(37,23-59-30)64-25(2)53)38-36(32(24)44(47,6)7)61-31(62-38)22-52-20-27(48)21-52;1-10-29-57-34-30-23(2)27(56-39(52)33(50)32(31-26(46)17-14-20-47-31)48-40(53)61-41(4,5)6)21-45(54,42(30,7)8)37(59-38(51)25-15-12-11-13-16-25)35-43(9,36(34)58-29)19-18-28-44(35,22-55-28)60-24(3)49/h9-15,18,27,29-31,34-39,54,58H,16-17,19-23H2,1-8H3,(H,51,57);10-17,20,27-29,32-37,50,54H,1,18-19,21-22H2,2-9H3,(H,48,53)/t29-,30+,31+,34-,35+,36+,37-,38+,39-,45+,46-,47+;27-,28+,29+,32-,33+,34+,35-,36+,37-,43+,44-,45+/m00/s1. The first-order valence-electron chi connectivity index (χ1n) is 42.7. The summed E-state index contributed by atoms with van der Waals surface area (Å²) in [7, 11) is 0. The van der Waals surface area contributed by atoms with Crippen molar-refractivity contribution >= 4 is 48.0 Å². The molecular formula is C92H114F3N5O26. The SMILES string of the molecule is C=C[C@@H]1O[C@@H]2C3=C(C)[C@@H](OC(=O)[C@H](O)[C@@H](NC(=O)OC(C)(C)C)c4ncccc4F)C[C@@](O)([C@@H](OC(=O)c4ccccc4)[C@H]4[C@@](C)(CC[C@H]5OC[C@]54OC(C)=O)[C@@H]2O1)C3(C)C.CC(=O)O[C@@]12CO[C@@H]1CC[C@@]1(C)[C@@H]3O[C@H](CN4CC(F)C4)O[C@@H]3C3=C(C)[C@@H](OC(=O)[C@H](O)[C@@H](NC(=O)OC(C)(C)C)c4ncccc4F)C[C@@](O)([C@@H](OC(=O)c4ccccc4)[C@@H]12)C3(C)C. The largest absolute Gasteiger partial charge is 0.456 e. The summed E-state index contributed by atoms with van der Waals surface area (Å²) in [6, 6.07) is 17.6. The van der Waals surface area contributed by atoms with Gasteiger partial charge in [0.2, 0.25) is 0 Å². The van der Waals surface area contributed by atoms with Crippen LogP contribution in [0.2, 0.25) is 0 Å². The van der Waals surface area contributed by atoms with Gasteiger partial charge in [-0.2, -0.15) is 0 Å². The molecule has 4 bridgehead atoms. The number of rotatable bonds is 19. The van der Waals surface area contributed by atoms with Gasteiger partial charge in [-0.1, -0.05) is 84.5 Å². The number of carbonyl (C=O) groups is 8. The van der Waals surface area contributed by atoms with Crippen molar-refractivity contribution in [3.05, 3.63) is 166 Å². The molecule has 126 heavy (non-hydrogen) atoms. The number of amides is 2. The lowest BCUT2D eigenvalue weighted by Crippen LogP contribution is -2.79. The van der Waals surface area contributed by atoms with E-state index in [1.54, 1.807) is 144 Å². The number of aliphatic hydroxyl groups is 4. The van der Waals surface area contributed by atoms with Crippen LogP contribution in [0.25, 0.3) is 0 Å². The van der Waals surface area contributed by atoms with Crippen LogP contribution >= 0.6 is 0 Å². The zero-order valence-electron chi connectivity index (χ0n) is 73.5. The van der Waals surface area contributed by atoms with Gasteiger partial charge in [0.15, 0.2) is 36.0 Å². The first-order chi connectivity index (χ1) is 59.1. The van der Waals surface area contributed by atoms with Gasteiger partial charge in [0.1, 0.15) is 113 Å². The molecule has 2 amide bonds. The Balaban J connectivity index is 0.000000205. The van der Waals surface area contributed by atoms with Gasteiger partial charge in [0.05, 0.1) is 48.4 Å². The third-order valence-corrected chi connectivity index (χ3v) is 27.7. The van der Waals surface area contributed by atoms with E-state index in [2.05, 4.69) is 27.2 Å². The predicted octanol–water partition coefficient (Wildman–Crippen LogP) is 9.85. The Morgan fingerprint density at radius 3 is 1.33 bits per heavy atom. The summed E-state index contributed by atoms with van der Waals surface area (Å²) in [6.07, 6.45) is -15.3. The van der Waals surface area contributed by atoms with E-state index in [1.165, 1.54) is 44.4 Å². The van der Waals surface area contributed by atoms with Crippen LogP contribution in [0.15, 0.2) is 132 Å². The highest BCUT2D eigenvalue weighted by Gasteiger charge is 2.80. The first kappa shape index (κ1) is 92.8. The Labute approximate surface area is 728 Å². The summed E-state index contributed by atoms with van der Waals surface area (Å²) in [5.41, 5.74) is -12.8. The van der Waals surface area contributed by atoms with Gasteiger partial charge in [-0.15, -0.1) is 0 Å². The number of hydrogen-bond acceptors (Lipinski definition) is 29. The van der Waals surface area contributed by atoms with Crippen LogP contribution in [0.1, 0.15) is 193 Å². The number of fused-ring (bicyclic) bond motifs is 16. The highest BCUT2D eigenvalue weighted by atomic mass is 19.1. The van der Waals surface area contributed by atoms with Crippen LogP contribution in [0.4, 0.5) is 22.8 Å². The predicted molar refractivity (Wildman–Crippen MR) is 437 cm³/mol. The number of carbonyl (C=O) groups excluding carboxylic acids is 8. The zero-order chi connectivity index (χ0) is 91.5. The van der Waals surface area contributed by atoms with Crippen LogP contribution in [0.5, 0.6) is 0 Å². The van der Waals surface area contributed by atoms with E-state index in [-0.39, 0.29) is 44.0 Å². The molecule has 15 rings (SSSR count). The smallest absolute Gasteiger partial charge is 0.408 e. The normalized spacial score (nSPS) is 34.8. The number of benzene rings is 2. The van der Waals surface area contributed by atoms with Gasteiger partial charge in [0, 0.05) is 80.4 Å². The Kier molecular flexibility index (Phi) is 25.3. The number of alkyl carbamates (subject to hydrolysis) is 2. The maximum absolute atomic E-state index is 15.4. The molecule has 7 heterocycles. The number of likely N-dealkylation sites (tertiary alicyclic amines) is 1. The van der Waals surface area contributed by atoms with Gasteiger partial charge in [-0.3, -0.25) is 24.5 Å². The van der Waals surface area contributed by atoms with Crippen molar-refractivity contribution in [1.82, 2.24) is 25.5 Å². The fourth-order valence-electron chi connectivity index (χ4n) is 21.8. The number of halogens is 3. The number of ether oxygens (including phenoxy) is 14. The Morgan fingerprint density at radius 2 is 0.976 bits per heavy atom. The van der Waals surface area contributed by atoms with Gasteiger partial charge in [-0.25, -0.2) is 41.9 Å². The molecule has 6 aliphatic carbocycles. The summed E-state index contributed by atoms with van der Waals surface area (Å²) in [5.74, 6) is -9.31. The summed E-state index contributed by atoms with van der Waals surface area (Å²) in [5, 5.41) is 55.8. The third-order valence-electron chi connectivity index (χ3n) is 27.7. The van der Waals surface area contributed by atoms with E-state index in [0.29, 0.717) is 48.0 Å². The average Bonchev–Trinajstić information content (AvgIpc) is 1.13. The van der Waals surface area contributed by atoms with E-state index >= 15 is 8.78 Å². The summed E-state index contributed by atoms with van der Waals surface area (Å²) in [4.78, 5) is 120. The Morgan fingerprint density at radius 1 is 0.579 bits per heavy atom. The Bertz CT molecular complexity index is 4920. The number of esters is 6. The van der Waals surface area contributed by atoms with Crippen molar-refractivity contribution in [1.29, 1.82) is 0 Å². The molecule has 4 saturated carbocycles. The van der Waals surface area contributed by atoms with E-state index in [9.17, 15) is 63.2 Å². The second-order valence-corrected chi connectivity index (χ2v) is 38.6. The number of pyridine rings is 2. The number of hydrogen-bond donors (Lipinski definition) is 6. The van der Waals surface area contributed by atoms with Crippen molar-refractivity contribution in [2.45, 2.75) is 287 Å². The number of aliphatic hydroxyl groups excluding tert-OH is 2. The number of nitrogens with zero attached hydrogens (tertiary/aromatic N) is 3. The van der Waals surface area contributed by atoms with Crippen LogP contribution in [0.3, 0.4) is 0 Å². The second-order valence-electron chi connectivity index (χ2n) is 38.6. The second kappa shape index (κ2) is 34.3. The van der Waals surface area contributed by atoms with Gasteiger partial charge < -0.3 is 97.4 Å². The number of alkyl halides is 1. The highest BCUT2D eigenvalue weighted by molar-refractivity contribution is 5.90. The van der Waals surface area contributed by atoms with Crippen LogP contribution in [-0.2, 0) is 85.5 Å². The van der Waals surface area contributed by atoms with Crippen LogP contribution in [-0.4, -0.2) is 242 Å². The zero-order valence-corrected chi connectivity index (χ0v) is 73.5. The van der Waals surface area contributed by atoms with Gasteiger partial charge in [-0.05, 0) is 158 Å². The van der Waals surface area contributed by atoms with Crippen LogP contribution < -0.4 is 10.6 Å². The summed E-state index contributed by atoms with van der Waals surface area (Å²) >= 11 is 0. The molecule has 684 valence electrons. The van der Waals surface area contributed by atoms with E-state index in [4.69, 9.17) is 66.3 Å². The molecule has 9 fully saturated rings. The van der Waals surface area contributed by atoms with E-state index < -0.39 is 255 Å². The summed E-state index contributed by atoms with van der Waals surface area (Å²) in [6.45, 7) is 30.9. The number of nitrogens with one attached hydrogen (secondary N) is 2. The van der Waals surface area contributed by atoms with Crippen LogP contribution in [0, 0.1) is 45.1 Å². The topological polar surface area (TPSA) is 400 Å². The molecule has 5 aliphatic heterocycles. The molecule has 0 spiro atoms. The molecule has 34 heteroatoms. The molecule has 24 atom stereocenters. The fraction of sp³-hybridized carbons (Fsp3) is 0.609. The lowest BCUT2D eigenvalue weighted by atomic mass is 9.45. The number of aromatic nitrogens is 2. The molecule has 6 N–H and O–H groups in total. The fourth-order valence-corrected chi connectivity index (χ4v) is 21.8. The van der Waals surface area contributed by atoms with Gasteiger partial charge >= 0.3 is 48.0 Å². The molecular weight excluding hydrogens is 1650 g/mol. The van der Waals surface area contributed by atoms with Crippen molar-refractivity contribution in [3.63, 3.8) is 0 Å². The quantitative estimate of drug-likeness (QED) is 0.0289. The summed E-state index contributed by atoms with van der Waals surface area (Å²) < 4.78 is 133. The monoisotopic (exact) mass is 1760 g/mol. The molecule has 11 aliphatic rings.